The Kier molecular flexibility index (Phi) is 9.91. The molecule has 0 radical (unpaired) electrons. The van der Waals surface area contributed by atoms with Crippen LogP contribution in [0.3, 0.4) is 0 Å². The first kappa shape index (κ1) is 27.3. The highest BCUT2D eigenvalue weighted by atomic mass is 16.6. The second-order valence-electron chi connectivity index (χ2n) is 9.92. The Morgan fingerprint density at radius 3 is 1.18 bits per heavy atom. The van der Waals surface area contributed by atoms with Crippen LogP contribution in [-0.4, -0.2) is 35.6 Å². The number of hydrogen-bond donors (Lipinski definition) is 1. The van der Waals surface area contributed by atoms with E-state index in [1.165, 1.54) is 0 Å². The summed E-state index contributed by atoms with van der Waals surface area (Å²) < 4.78 is 25.7. The quantitative estimate of drug-likeness (QED) is 0.243. The molecular formula is C34H36O5. The maximum atomic E-state index is 11.6. The second kappa shape index (κ2) is 14.2. The van der Waals surface area contributed by atoms with Crippen molar-refractivity contribution < 1.29 is 24.1 Å². The average molecular weight is 525 g/mol. The van der Waals surface area contributed by atoms with Crippen molar-refractivity contribution in [1.29, 1.82) is 0 Å². The van der Waals surface area contributed by atoms with Crippen LogP contribution in [0.2, 0.25) is 0 Å². The third-order valence-electron chi connectivity index (χ3n) is 7.06. The van der Waals surface area contributed by atoms with Gasteiger partial charge >= 0.3 is 0 Å². The molecule has 1 saturated carbocycles. The lowest BCUT2D eigenvalue weighted by Crippen LogP contribution is -2.59. The number of aliphatic hydroxyl groups excluding tert-OH is 1. The van der Waals surface area contributed by atoms with Gasteiger partial charge in [0.2, 0.25) is 0 Å². The van der Waals surface area contributed by atoms with E-state index in [2.05, 4.69) is 0 Å². The largest absolute Gasteiger partial charge is 0.388 e. The van der Waals surface area contributed by atoms with Gasteiger partial charge < -0.3 is 24.1 Å². The van der Waals surface area contributed by atoms with E-state index in [1.807, 2.05) is 121 Å². The summed E-state index contributed by atoms with van der Waals surface area (Å²) in [5, 5.41) is 11.6. The van der Waals surface area contributed by atoms with E-state index in [0.717, 1.165) is 22.3 Å². The molecule has 0 heterocycles. The molecule has 4 aromatic rings. The molecule has 0 aromatic heterocycles. The predicted molar refractivity (Wildman–Crippen MR) is 151 cm³/mol. The van der Waals surface area contributed by atoms with E-state index >= 15 is 0 Å². The highest BCUT2D eigenvalue weighted by Crippen LogP contribution is 2.32. The molecule has 0 bridgehead atoms. The minimum absolute atomic E-state index is 0.334. The van der Waals surface area contributed by atoms with Gasteiger partial charge in [0.05, 0.1) is 38.6 Å². The molecule has 5 rings (SSSR count). The fourth-order valence-electron chi connectivity index (χ4n) is 4.93. The number of ether oxygens (including phenoxy) is 4. The third-order valence-corrected chi connectivity index (χ3v) is 7.06. The fraction of sp³-hybridized carbons (Fsp3) is 0.294. The lowest BCUT2D eigenvalue weighted by Gasteiger charge is -2.44. The van der Waals surface area contributed by atoms with Crippen molar-refractivity contribution in [2.24, 2.45) is 0 Å². The highest BCUT2D eigenvalue weighted by molar-refractivity contribution is 5.16. The molecule has 0 spiro atoms. The monoisotopic (exact) mass is 524 g/mol. The first-order valence-electron chi connectivity index (χ1n) is 13.6. The van der Waals surface area contributed by atoms with Crippen molar-refractivity contribution in [3.63, 3.8) is 0 Å². The third kappa shape index (κ3) is 7.85. The molecule has 5 nitrogen and oxygen atoms in total. The van der Waals surface area contributed by atoms with Crippen molar-refractivity contribution in [1.82, 2.24) is 0 Å². The van der Waals surface area contributed by atoms with E-state index in [-0.39, 0.29) is 6.10 Å². The molecule has 0 amide bonds. The van der Waals surface area contributed by atoms with Gasteiger partial charge in [-0.1, -0.05) is 121 Å². The van der Waals surface area contributed by atoms with Gasteiger partial charge in [0.25, 0.3) is 0 Å². The first-order chi connectivity index (χ1) is 19.3. The minimum Gasteiger partial charge on any atom is -0.388 e. The minimum atomic E-state index is -0.880. The predicted octanol–water partition coefficient (Wildman–Crippen LogP) is 6.09. The summed E-state index contributed by atoms with van der Waals surface area (Å²) in [6, 6.07) is 40.1. The van der Waals surface area contributed by atoms with Gasteiger partial charge in [-0.15, -0.1) is 0 Å². The summed E-state index contributed by atoms with van der Waals surface area (Å²) in [5.74, 6) is 0. The Labute approximate surface area is 230 Å². The van der Waals surface area contributed by atoms with Crippen molar-refractivity contribution in [3.05, 3.63) is 144 Å². The normalized spacial score (nSPS) is 22.9. The zero-order chi connectivity index (χ0) is 26.7. The molecule has 4 aromatic carbocycles. The van der Waals surface area contributed by atoms with Crippen LogP contribution < -0.4 is 0 Å². The Morgan fingerprint density at radius 2 is 0.769 bits per heavy atom. The van der Waals surface area contributed by atoms with E-state index in [1.54, 1.807) is 0 Å². The molecule has 0 aliphatic heterocycles. The van der Waals surface area contributed by atoms with Crippen molar-refractivity contribution in [2.45, 2.75) is 63.4 Å². The first-order valence-corrected chi connectivity index (χ1v) is 13.6. The standard InChI is InChI=1S/C34H36O5/c35-32-30(36-22-26-13-5-1-6-14-26)21-31(37-23-27-15-7-2-8-16-27)33(38-24-28-17-9-3-10-18-28)34(32)39-25-29-19-11-4-12-20-29/h1-20,30-35H,21-25H2. The van der Waals surface area contributed by atoms with Gasteiger partial charge in [-0.2, -0.15) is 0 Å². The average Bonchev–Trinajstić information content (AvgIpc) is 3.00. The fourth-order valence-corrected chi connectivity index (χ4v) is 4.93. The number of aliphatic hydroxyl groups is 1. The molecule has 5 heteroatoms. The van der Waals surface area contributed by atoms with Gasteiger partial charge in [-0.3, -0.25) is 0 Å². The number of hydrogen-bond acceptors (Lipinski definition) is 5. The molecule has 5 atom stereocenters. The number of rotatable bonds is 12. The smallest absolute Gasteiger partial charge is 0.115 e. The Hall–Kier alpha value is -3.32. The molecule has 202 valence electrons. The lowest BCUT2D eigenvalue weighted by atomic mass is 9.86. The molecular weight excluding hydrogens is 488 g/mol. The second-order valence-corrected chi connectivity index (χ2v) is 9.92. The van der Waals surface area contributed by atoms with Crippen molar-refractivity contribution >= 4 is 0 Å². The Morgan fingerprint density at radius 1 is 0.436 bits per heavy atom. The van der Waals surface area contributed by atoms with Crippen LogP contribution in [0.15, 0.2) is 121 Å². The van der Waals surface area contributed by atoms with Crippen LogP contribution in [0.4, 0.5) is 0 Å². The van der Waals surface area contributed by atoms with Gasteiger partial charge in [0, 0.05) is 6.42 Å². The van der Waals surface area contributed by atoms with E-state index in [9.17, 15) is 5.11 Å². The van der Waals surface area contributed by atoms with Gasteiger partial charge in [0.15, 0.2) is 0 Å². The van der Waals surface area contributed by atoms with Crippen molar-refractivity contribution in [2.75, 3.05) is 0 Å². The van der Waals surface area contributed by atoms with E-state index in [4.69, 9.17) is 18.9 Å². The van der Waals surface area contributed by atoms with E-state index in [0.29, 0.717) is 32.8 Å². The topological polar surface area (TPSA) is 57.2 Å². The maximum Gasteiger partial charge on any atom is 0.115 e. The molecule has 1 fully saturated rings. The van der Waals surface area contributed by atoms with Crippen LogP contribution in [0, 0.1) is 0 Å². The summed E-state index contributed by atoms with van der Waals surface area (Å²) >= 11 is 0. The molecule has 39 heavy (non-hydrogen) atoms. The van der Waals surface area contributed by atoms with Crippen molar-refractivity contribution in [3.8, 4) is 0 Å². The maximum absolute atomic E-state index is 11.6. The van der Waals surface area contributed by atoms with Gasteiger partial charge in [-0.25, -0.2) is 0 Å². The Bertz CT molecular complexity index is 1220. The van der Waals surface area contributed by atoms with Gasteiger partial charge in [-0.05, 0) is 22.3 Å². The summed E-state index contributed by atoms with van der Waals surface area (Å²) in [7, 11) is 0. The Balaban J connectivity index is 1.37. The molecule has 1 aliphatic carbocycles. The number of benzene rings is 4. The summed E-state index contributed by atoms with van der Waals surface area (Å²) in [6.07, 6.45) is -2.31. The molecule has 5 unspecified atom stereocenters. The van der Waals surface area contributed by atoms with E-state index < -0.39 is 24.4 Å². The zero-order valence-electron chi connectivity index (χ0n) is 22.0. The lowest BCUT2D eigenvalue weighted by molar-refractivity contribution is -0.237. The highest BCUT2D eigenvalue weighted by Gasteiger charge is 2.47. The zero-order valence-corrected chi connectivity index (χ0v) is 22.0. The molecule has 1 N–H and O–H groups in total. The van der Waals surface area contributed by atoms with Crippen LogP contribution in [-0.2, 0) is 45.4 Å². The molecule has 1 aliphatic rings. The van der Waals surface area contributed by atoms with Crippen LogP contribution in [0.5, 0.6) is 0 Å². The molecule has 0 saturated heterocycles. The van der Waals surface area contributed by atoms with Crippen LogP contribution >= 0.6 is 0 Å². The van der Waals surface area contributed by atoms with Gasteiger partial charge in [0.1, 0.15) is 18.3 Å². The summed E-state index contributed by atoms with van der Waals surface area (Å²) in [5.41, 5.74) is 4.21. The summed E-state index contributed by atoms with van der Waals surface area (Å²) in [6.45, 7) is 1.58. The SMILES string of the molecule is OC1C(OCc2ccccc2)CC(OCc2ccccc2)C(OCc2ccccc2)C1OCc1ccccc1. The van der Waals surface area contributed by atoms with Crippen LogP contribution in [0.25, 0.3) is 0 Å². The summed E-state index contributed by atoms with van der Waals surface area (Å²) in [4.78, 5) is 0. The van der Waals surface area contributed by atoms with Crippen LogP contribution in [0.1, 0.15) is 28.7 Å².